The molecule has 0 radical (unpaired) electrons. The Hall–Kier alpha value is -1.93. The lowest BCUT2D eigenvalue weighted by atomic mass is 10.0. The summed E-state index contributed by atoms with van der Waals surface area (Å²) in [5.41, 5.74) is 2.94. The van der Waals surface area contributed by atoms with Gasteiger partial charge in [-0.2, -0.15) is 0 Å². The molecule has 0 aromatic heterocycles. The molecule has 0 fully saturated rings. The first-order chi connectivity index (χ1) is 9.70. The molecule has 0 aliphatic heterocycles. The first-order valence-electron chi connectivity index (χ1n) is 6.99. The van der Waals surface area contributed by atoms with Crippen molar-refractivity contribution in [1.82, 2.24) is 0 Å². The summed E-state index contributed by atoms with van der Waals surface area (Å²) in [4.78, 5) is 12.1. The number of ketones is 1. The SMILES string of the molecule is CCOC(C)c1ccc(CC(=O)c2ccccc2)cc1. The second-order valence-electron chi connectivity index (χ2n) is 4.81. The van der Waals surface area contributed by atoms with Gasteiger partial charge in [-0.25, -0.2) is 0 Å². The van der Waals surface area contributed by atoms with Gasteiger partial charge in [0.1, 0.15) is 0 Å². The molecule has 0 heterocycles. The Balaban J connectivity index is 2.02. The van der Waals surface area contributed by atoms with Crippen LogP contribution < -0.4 is 0 Å². The molecule has 0 amide bonds. The normalized spacial score (nSPS) is 12.1. The first-order valence-corrected chi connectivity index (χ1v) is 6.99. The molecule has 2 aromatic rings. The second kappa shape index (κ2) is 7.01. The fourth-order valence-corrected chi connectivity index (χ4v) is 2.16. The van der Waals surface area contributed by atoms with Crippen molar-refractivity contribution >= 4 is 5.78 Å². The third-order valence-electron chi connectivity index (χ3n) is 3.33. The Morgan fingerprint density at radius 1 is 1.05 bits per heavy atom. The minimum absolute atomic E-state index is 0.0962. The van der Waals surface area contributed by atoms with Gasteiger partial charge in [0.25, 0.3) is 0 Å². The quantitative estimate of drug-likeness (QED) is 0.734. The fourth-order valence-electron chi connectivity index (χ4n) is 2.16. The van der Waals surface area contributed by atoms with Crippen LogP contribution in [-0.2, 0) is 11.2 Å². The molecule has 2 heteroatoms. The van der Waals surface area contributed by atoms with Crippen LogP contribution in [0.3, 0.4) is 0 Å². The zero-order valence-corrected chi connectivity index (χ0v) is 12.0. The Bertz CT molecular complexity index is 543. The molecule has 0 bridgehead atoms. The van der Waals surface area contributed by atoms with Crippen molar-refractivity contribution in [3.8, 4) is 0 Å². The van der Waals surface area contributed by atoms with Crippen LogP contribution in [0.1, 0.15) is 41.4 Å². The van der Waals surface area contributed by atoms with Crippen LogP contribution in [0.4, 0.5) is 0 Å². The van der Waals surface area contributed by atoms with Gasteiger partial charge < -0.3 is 4.74 Å². The molecule has 0 aliphatic carbocycles. The van der Waals surface area contributed by atoms with E-state index in [4.69, 9.17) is 4.74 Å². The maximum Gasteiger partial charge on any atom is 0.167 e. The number of ether oxygens (including phenoxy) is 1. The van der Waals surface area contributed by atoms with Gasteiger partial charge in [0.2, 0.25) is 0 Å². The fraction of sp³-hybridized carbons (Fsp3) is 0.278. The van der Waals surface area contributed by atoms with Crippen molar-refractivity contribution in [2.45, 2.75) is 26.4 Å². The summed E-state index contributed by atoms with van der Waals surface area (Å²) in [5, 5.41) is 0. The summed E-state index contributed by atoms with van der Waals surface area (Å²) in [6, 6.07) is 17.5. The van der Waals surface area contributed by atoms with Crippen LogP contribution >= 0.6 is 0 Å². The Labute approximate surface area is 120 Å². The summed E-state index contributed by atoms with van der Waals surface area (Å²) < 4.78 is 5.55. The van der Waals surface area contributed by atoms with Crippen molar-refractivity contribution in [3.63, 3.8) is 0 Å². The highest BCUT2D eigenvalue weighted by Gasteiger charge is 2.08. The highest BCUT2D eigenvalue weighted by Crippen LogP contribution is 2.17. The molecule has 0 aliphatic rings. The Morgan fingerprint density at radius 2 is 1.70 bits per heavy atom. The number of benzene rings is 2. The van der Waals surface area contributed by atoms with Gasteiger partial charge in [-0.05, 0) is 25.0 Å². The van der Waals surface area contributed by atoms with E-state index in [9.17, 15) is 4.79 Å². The van der Waals surface area contributed by atoms with Crippen molar-refractivity contribution in [2.75, 3.05) is 6.61 Å². The molecular weight excluding hydrogens is 248 g/mol. The van der Waals surface area contributed by atoms with E-state index in [1.165, 1.54) is 0 Å². The van der Waals surface area contributed by atoms with E-state index in [0.717, 1.165) is 16.7 Å². The number of hydrogen-bond donors (Lipinski definition) is 0. The molecule has 1 atom stereocenters. The summed E-state index contributed by atoms with van der Waals surface area (Å²) in [5.74, 6) is 0.149. The lowest BCUT2D eigenvalue weighted by Crippen LogP contribution is -2.04. The summed E-state index contributed by atoms with van der Waals surface area (Å²) >= 11 is 0. The average Bonchev–Trinajstić information content (AvgIpc) is 2.49. The van der Waals surface area contributed by atoms with Gasteiger partial charge in [-0.3, -0.25) is 4.79 Å². The Kier molecular flexibility index (Phi) is 5.08. The molecule has 0 saturated heterocycles. The molecule has 0 spiro atoms. The van der Waals surface area contributed by atoms with Crippen molar-refractivity contribution < 1.29 is 9.53 Å². The summed E-state index contributed by atoms with van der Waals surface area (Å²) in [6.07, 6.45) is 0.534. The third kappa shape index (κ3) is 3.78. The lowest BCUT2D eigenvalue weighted by molar-refractivity contribution is 0.0764. The predicted molar refractivity (Wildman–Crippen MR) is 81.0 cm³/mol. The zero-order chi connectivity index (χ0) is 14.4. The number of carbonyl (C=O) groups excluding carboxylic acids is 1. The molecule has 0 saturated carbocycles. The number of hydrogen-bond acceptors (Lipinski definition) is 2. The number of rotatable bonds is 6. The summed E-state index contributed by atoms with van der Waals surface area (Å²) in [7, 11) is 0. The molecule has 2 aromatic carbocycles. The maximum atomic E-state index is 12.1. The van der Waals surface area contributed by atoms with Crippen molar-refractivity contribution in [2.24, 2.45) is 0 Å². The van der Waals surface area contributed by atoms with Crippen LogP contribution in [0, 0.1) is 0 Å². The standard InChI is InChI=1S/C18H20O2/c1-3-20-14(2)16-11-9-15(10-12-16)13-18(19)17-7-5-4-6-8-17/h4-12,14H,3,13H2,1-2H3. The minimum Gasteiger partial charge on any atom is -0.374 e. The van der Waals surface area contributed by atoms with E-state index in [-0.39, 0.29) is 11.9 Å². The topological polar surface area (TPSA) is 26.3 Å². The summed E-state index contributed by atoms with van der Waals surface area (Å²) in [6.45, 7) is 4.73. The highest BCUT2D eigenvalue weighted by atomic mass is 16.5. The monoisotopic (exact) mass is 268 g/mol. The third-order valence-corrected chi connectivity index (χ3v) is 3.33. The molecule has 2 rings (SSSR count). The van der Waals surface area contributed by atoms with Crippen molar-refractivity contribution in [1.29, 1.82) is 0 Å². The van der Waals surface area contributed by atoms with Crippen molar-refractivity contribution in [3.05, 3.63) is 71.3 Å². The van der Waals surface area contributed by atoms with Gasteiger partial charge in [0.05, 0.1) is 6.10 Å². The van der Waals surface area contributed by atoms with E-state index < -0.39 is 0 Å². The number of Topliss-reactive ketones (excluding diaryl/α,β-unsaturated/α-hetero) is 1. The Morgan fingerprint density at radius 3 is 2.30 bits per heavy atom. The lowest BCUT2D eigenvalue weighted by Gasteiger charge is -2.12. The van der Waals surface area contributed by atoms with Crippen LogP contribution in [0.5, 0.6) is 0 Å². The van der Waals surface area contributed by atoms with Crippen LogP contribution in [0.15, 0.2) is 54.6 Å². The van der Waals surface area contributed by atoms with E-state index in [1.54, 1.807) is 0 Å². The molecule has 0 N–H and O–H groups in total. The minimum atomic E-state index is 0.0962. The van der Waals surface area contributed by atoms with Gasteiger partial charge in [0.15, 0.2) is 5.78 Å². The maximum absolute atomic E-state index is 12.1. The predicted octanol–water partition coefficient (Wildman–Crippen LogP) is 4.21. The van der Waals surface area contributed by atoms with Gasteiger partial charge in [-0.15, -0.1) is 0 Å². The zero-order valence-electron chi connectivity index (χ0n) is 12.0. The van der Waals surface area contributed by atoms with Crippen LogP contribution in [0.2, 0.25) is 0 Å². The smallest absolute Gasteiger partial charge is 0.167 e. The largest absolute Gasteiger partial charge is 0.374 e. The second-order valence-corrected chi connectivity index (χ2v) is 4.81. The average molecular weight is 268 g/mol. The molecule has 20 heavy (non-hydrogen) atoms. The molecule has 2 nitrogen and oxygen atoms in total. The highest BCUT2D eigenvalue weighted by molar-refractivity contribution is 5.97. The number of carbonyl (C=O) groups is 1. The van der Waals surface area contributed by atoms with Crippen LogP contribution in [0.25, 0.3) is 0 Å². The molecule has 104 valence electrons. The van der Waals surface area contributed by atoms with E-state index in [1.807, 2.05) is 68.4 Å². The molecule has 1 unspecified atom stereocenters. The van der Waals surface area contributed by atoms with Gasteiger partial charge in [0, 0.05) is 18.6 Å². The van der Waals surface area contributed by atoms with E-state index in [0.29, 0.717) is 13.0 Å². The van der Waals surface area contributed by atoms with Gasteiger partial charge in [-0.1, -0.05) is 54.6 Å². The molecular formula is C18H20O2. The van der Waals surface area contributed by atoms with Gasteiger partial charge >= 0.3 is 0 Å². The van der Waals surface area contributed by atoms with E-state index in [2.05, 4.69) is 0 Å². The first kappa shape index (κ1) is 14.5. The van der Waals surface area contributed by atoms with E-state index >= 15 is 0 Å². The van der Waals surface area contributed by atoms with Crippen LogP contribution in [-0.4, -0.2) is 12.4 Å².